The average Bonchev–Trinajstić information content (AvgIpc) is 2.42. The summed E-state index contributed by atoms with van der Waals surface area (Å²) in [5, 5.41) is 8.69. The molecule has 3 nitrogen and oxygen atoms in total. The molecule has 0 aliphatic carbocycles. The van der Waals surface area contributed by atoms with Crippen molar-refractivity contribution < 1.29 is 27.5 Å². The Morgan fingerprint density at radius 2 is 1.50 bits per heavy atom. The molecule has 2 rings (SSSR count). The van der Waals surface area contributed by atoms with Crippen LogP contribution in [0.5, 0.6) is 0 Å². The van der Waals surface area contributed by atoms with Gasteiger partial charge in [0.05, 0.1) is 10.5 Å². The van der Waals surface area contributed by atoms with Crippen LogP contribution in [0.4, 0.5) is 17.6 Å². The molecule has 0 aliphatic heterocycles. The van der Waals surface area contributed by atoms with Gasteiger partial charge < -0.3 is 5.11 Å². The highest BCUT2D eigenvalue weighted by molar-refractivity contribution is 7.99. The van der Waals surface area contributed by atoms with Crippen LogP contribution < -0.4 is 0 Å². The predicted octanol–water partition coefficient (Wildman–Crippen LogP) is 3.49. The quantitative estimate of drug-likeness (QED) is 0.696. The van der Waals surface area contributed by atoms with Gasteiger partial charge in [-0.05, 0) is 24.3 Å². The van der Waals surface area contributed by atoms with E-state index in [0.717, 1.165) is 0 Å². The molecule has 0 unspecified atom stereocenters. The van der Waals surface area contributed by atoms with Gasteiger partial charge in [0.1, 0.15) is 0 Å². The van der Waals surface area contributed by atoms with Crippen LogP contribution >= 0.6 is 11.8 Å². The van der Waals surface area contributed by atoms with Gasteiger partial charge in [-0.2, -0.15) is 13.8 Å². The van der Waals surface area contributed by atoms with Crippen molar-refractivity contribution >= 4 is 17.7 Å². The minimum absolute atomic E-state index is 0.0256. The van der Waals surface area contributed by atoms with Gasteiger partial charge in [0.15, 0.2) is 11.6 Å². The van der Waals surface area contributed by atoms with E-state index in [1.807, 2.05) is 0 Å². The molecule has 1 aromatic heterocycles. The Hall–Kier alpha value is -2.09. The van der Waals surface area contributed by atoms with Crippen molar-refractivity contribution in [2.45, 2.75) is 9.79 Å². The smallest absolute Gasteiger partial charge is 0.335 e. The third kappa shape index (κ3) is 2.74. The molecule has 0 saturated heterocycles. The molecule has 2 aromatic rings. The topological polar surface area (TPSA) is 50.2 Å². The lowest BCUT2D eigenvalue weighted by Gasteiger charge is -2.06. The van der Waals surface area contributed by atoms with Crippen molar-refractivity contribution in [2.24, 2.45) is 0 Å². The fraction of sp³-hybridized carbons (Fsp3) is 0. The van der Waals surface area contributed by atoms with Crippen LogP contribution in [0.3, 0.4) is 0 Å². The first-order valence-corrected chi connectivity index (χ1v) is 5.93. The van der Waals surface area contributed by atoms with E-state index in [9.17, 15) is 22.4 Å². The van der Waals surface area contributed by atoms with E-state index < -0.39 is 34.4 Å². The predicted molar refractivity (Wildman–Crippen MR) is 61.6 cm³/mol. The second-order valence-electron chi connectivity index (χ2n) is 3.58. The molecule has 0 aliphatic rings. The molecule has 0 atom stereocenters. The SMILES string of the molecule is O=C(O)c1ccc(Sc2c(F)c(F)nc(F)c2F)cc1. The van der Waals surface area contributed by atoms with Crippen LogP contribution in [0.25, 0.3) is 0 Å². The summed E-state index contributed by atoms with van der Waals surface area (Å²) in [6.45, 7) is 0. The highest BCUT2D eigenvalue weighted by Crippen LogP contribution is 2.33. The largest absolute Gasteiger partial charge is 0.478 e. The van der Waals surface area contributed by atoms with E-state index in [1.165, 1.54) is 24.3 Å². The first kappa shape index (κ1) is 14.3. The lowest BCUT2D eigenvalue weighted by atomic mass is 10.2. The normalized spacial score (nSPS) is 10.6. The van der Waals surface area contributed by atoms with Crippen LogP contribution in [0.15, 0.2) is 34.1 Å². The van der Waals surface area contributed by atoms with E-state index >= 15 is 0 Å². The van der Waals surface area contributed by atoms with Crippen LogP contribution in [-0.2, 0) is 0 Å². The second kappa shape index (κ2) is 5.49. The van der Waals surface area contributed by atoms with E-state index in [0.29, 0.717) is 11.8 Å². The molecule has 1 aromatic carbocycles. The van der Waals surface area contributed by atoms with Gasteiger partial charge in [-0.1, -0.05) is 11.8 Å². The standard InChI is InChI=1S/C12H5F4NO2S/c13-7-9(8(14)11(16)17-10(7)15)20-6-3-1-5(2-4-6)12(18)19/h1-4H,(H,18,19). The number of pyridine rings is 1. The van der Waals surface area contributed by atoms with Crippen molar-refractivity contribution in [3.05, 3.63) is 53.4 Å². The van der Waals surface area contributed by atoms with Crippen molar-refractivity contribution in [2.75, 3.05) is 0 Å². The van der Waals surface area contributed by atoms with Crippen LogP contribution in [-0.4, -0.2) is 16.1 Å². The summed E-state index contributed by atoms with van der Waals surface area (Å²) < 4.78 is 52.6. The zero-order chi connectivity index (χ0) is 14.9. The maximum atomic E-state index is 13.4. The van der Waals surface area contributed by atoms with Gasteiger partial charge in [-0.3, -0.25) is 0 Å². The third-order valence-electron chi connectivity index (χ3n) is 2.28. The van der Waals surface area contributed by atoms with Gasteiger partial charge in [-0.25, -0.2) is 13.6 Å². The fourth-order valence-electron chi connectivity index (χ4n) is 1.34. The van der Waals surface area contributed by atoms with E-state index in [4.69, 9.17) is 5.11 Å². The molecule has 1 heterocycles. The molecule has 0 bridgehead atoms. The minimum atomic E-state index is -1.74. The summed E-state index contributed by atoms with van der Waals surface area (Å²) in [7, 11) is 0. The summed E-state index contributed by atoms with van der Waals surface area (Å²) >= 11 is 0.427. The van der Waals surface area contributed by atoms with Gasteiger partial charge >= 0.3 is 5.97 Å². The Labute approximate surface area is 114 Å². The lowest BCUT2D eigenvalue weighted by Crippen LogP contribution is -2.02. The Balaban J connectivity index is 2.37. The highest BCUT2D eigenvalue weighted by atomic mass is 32.2. The van der Waals surface area contributed by atoms with Crippen molar-refractivity contribution in [3.8, 4) is 0 Å². The molecule has 104 valence electrons. The molecule has 8 heteroatoms. The molecule has 0 radical (unpaired) electrons. The number of hydrogen-bond donors (Lipinski definition) is 1. The number of aromatic carboxylic acids is 1. The molecule has 0 fully saturated rings. The number of halogens is 4. The molecule has 1 N–H and O–H groups in total. The molecule has 20 heavy (non-hydrogen) atoms. The Morgan fingerprint density at radius 1 is 1.00 bits per heavy atom. The lowest BCUT2D eigenvalue weighted by molar-refractivity contribution is 0.0697. The van der Waals surface area contributed by atoms with Crippen LogP contribution in [0.1, 0.15) is 10.4 Å². The number of hydrogen-bond acceptors (Lipinski definition) is 3. The van der Waals surface area contributed by atoms with Crippen molar-refractivity contribution in [3.63, 3.8) is 0 Å². The first-order valence-electron chi connectivity index (χ1n) is 5.11. The Kier molecular flexibility index (Phi) is 3.93. The van der Waals surface area contributed by atoms with Gasteiger partial charge in [0.25, 0.3) is 11.9 Å². The number of benzene rings is 1. The van der Waals surface area contributed by atoms with Crippen molar-refractivity contribution in [1.82, 2.24) is 4.98 Å². The van der Waals surface area contributed by atoms with Crippen LogP contribution in [0.2, 0.25) is 0 Å². The number of aromatic nitrogens is 1. The number of carbonyl (C=O) groups is 1. The van der Waals surface area contributed by atoms with E-state index in [-0.39, 0.29) is 10.5 Å². The number of carboxylic acid groups (broad SMARTS) is 1. The summed E-state index contributed by atoms with van der Waals surface area (Å²) in [5.74, 6) is -7.85. The molecule has 0 amide bonds. The number of rotatable bonds is 3. The van der Waals surface area contributed by atoms with Crippen LogP contribution in [0, 0.1) is 23.5 Å². The third-order valence-corrected chi connectivity index (χ3v) is 3.35. The van der Waals surface area contributed by atoms with Gasteiger partial charge in [-0.15, -0.1) is 0 Å². The second-order valence-corrected chi connectivity index (χ2v) is 4.67. The number of nitrogens with zero attached hydrogens (tertiary/aromatic N) is 1. The fourth-order valence-corrected chi connectivity index (χ4v) is 2.20. The molecular formula is C12H5F4NO2S. The van der Waals surface area contributed by atoms with Crippen molar-refractivity contribution in [1.29, 1.82) is 0 Å². The Bertz CT molecular complexity index is 650. The molecule has 0 spiro atoms. The minimum Gasteiger partial charge on any atom is -0.478 e. The molecule has 0 saturated carbocycles. The first-order chi connectivity index (χ1) is 9.40. The number of carboxylic acids is 1. The summed E-state index contributed by atoms with van der Waals surface area (Å²) in [5.41, 5.74) is -0.0256. The maximum absolute atomic E-state index is 13.4. The Morgan fingerprint density at radius 3 is 1.95 bits per heavy atom. The zero-order valence-electron chi connectivity index (χ0n) is 9.53. The summed E-state index contributed by atoms with van der Waals surface area (Å²) in [6, 6.07) is 4.94. The van der Waals surface area contributed by atoms with Gasteiger partial charge in [0.2, 0.25) is 0 Å². The van der Waals surface area contributed by atoms with E-state index in [1.54, 1.807) is 0 Å². The van der Waals surface area contributed by atoms with E-state index in [2.05, 4.69) is 4.98 Å². The summed E-state index contributed by atoms with van der Waals surface area (Å²) in [6.07, 6.45) is 0. The molecular weight excluding hydrogens is 298 g/mol. The maximum Gasteiger partial charge on any atom is 0.335 e. The monoisotopic (exact) mass is 303 g/mol. The average molecular weight is 303 g/mol. The zero-order valence-corrected chi connectivity index (χ0v) is 10.3. The van der Waals surface area contributed by atoms with Gasteiger partial charge in [0, 0.05) is 4.90 Å². The summed E-state index contributed by atoms with van der Waals surface area (Å²) in [4.78, 5) is 12.4. The highest BCUT2D eigenvalue weighted by Gasteiger charge is 2.21.